The maximum absolute atomic E-state index is 12.3. The number of benzene rings is 2. The van der Waals surface area contributed by atoms with Gasteiger partial charge in [-0.2, -0.15) is 0 Å². The Morgan fingerprint density at radius 1 is 1.23 bits per heavy atom. The van der Waals surface area contributed by atoms with Crippen molar-refractivity contribution in [3.8, 4) is 0 Å². The first-order valence-electron chi connectivity index (χ1n) is 8.65. The van der Waals surface area contributed by atoms with Crippen molar-refractivity contribution >= 4 is 29.3 Å². The van der Waals surface area contributed by atoms with Gasteiger partial charge in [-0.25, -0.2) is 0 Å². The van der Waals surface area contributed by atoms with Crippen LogP contribution in [0.4, 0.5) is 5.69 Å². The first-order chi connectivity index (χ1) is 12.6. The molecule has 1 aliphatic rings. The molecule has 2 aromatic rings. The molecule has 0 aliphatic carbocycles. The van der Waals surface area contributed by atoms with Crippen LogP contribution in [0, 0.1) is 0 Å². The fourth-order valence-corrected chi connectivity index (χ4v) is 3.52. The van der Waals surface area contributed by atoms with Crippen LogP contribution in [0.15, 0.2) is 53.4 Å². The normalized spacial score (nSPS) is 15.9. The summed E-state index contributed by atoms with van der Waals surface area (Å²) in [5, 5.41) is 5.62. The number of nitrogens with one attached hydrogen (secondary N) is 2. The molecule has 26 heavy (non-hydrogen) atoms. The van der Waals surface area contributed by atoms with Crippen molar-refractivity contribution in [1.29, 1.82) is 0 Å². The number of fused-ring (bicyclic) bond motifs is 1. The highest BCUT2D eigenvalue weighted by Gasteiger charge is 2.23. The Kier molecular flexibility index (Phi) is 6.30. The van der Waals surface area contributed by atoms with Gasteiger partial charge in [0.05, 0.1) is 17.5 Å². The monoisotopic (exact) mass is 370 g/mol. The van der Waals surface area contributed by atoms with Gasteiger partial charge >= 0.3 is 0 Å². The van der Waals surface area contributed by atoms with E-state index in [1.165, 1.54) is 11.8 Å². The largest absolute Gasteiger partial charge is 0.377 e. The lowest BCUT2D eigenvalue weighted by Crippen LogP contribution is -2.28. The van der Waals surface area contributed by atoms with Crippen LogP contribution >= 0.6 is 11.8 Å². The van der Waals surface area contributed by atoms with Gasteiger partial charge in [0.2, 0.25) is 5.91 Å². The Bertz CT molecular complexity index is 780. The molecular weight excluding hydrogens is 348 g/mol. The van der Waals surface area contributed by atoms with Crippen molar-refractivity contribution in [2.45, 2.75) is 30.1 Å². The van der Waals surface area contributed by atoms with Crippen molar-refractivity contribution in [3.05, 3.63) is 59.7 Å². The zero-order valence-corrected chi connectivity index (χ0v) is 15.5. The molecule has 0 saturated heterocycles. The summed E-state index contributed by atoms with van der Waals surface area (Å²) in [4.78, 5) is 25.0. The zero-order valence-electron chi connectivity index (χ0n) is 14.7. The van der Waals surface area contributed by atoms with Gasteiger partial charge in [-0.05, 0) is 37.1 Å². The van der Waals surface area contributed by atoms with Crippen molar-refractivity contribution in [2.24, 2.45) is 0 Å². The highest BCUT2D eigenvalue weighted by molar-refractivity contribution is 8.00. The predicted octanol–water partition coefficient (Wildman–Crippen LogP) is 3.46. The lowest BCUT2D eigenvalue weighted by atomic mass is 10.1. The van der Waals surface area contributed by atoms with Crippen LogP contribution in [-0.2, 0) is 16.1 Å². The van der Waals surface area contributed by atoms with E-state index >= 15 is 0 Å². The lowest BCUT2D eigenvalue weighted by Gasteiger charge is -2.21. The van der Waals surface area contributed by atoms with Crippen molar-refractivity contribution in [3.63, 3.8) is 0 Å². The van der Waals surface area contributed by atoms with Gasteiger partial charge in [-0.3, -0.25) is 9.59 Å². The minimum atomic E-state index is -0.145. The highest BCUT2D eigenvalue weighted by atomic mass is 32.2. The first kappa shape index (κ1) is 18.5. The predicted molar refractivity (Wildman–Crippen MR) is 103 cm³/mol. The van der Waals surface area contributed by atoms with Crippen LogP contribution in [0.1, 0.15) is 29.3 Å². The summed E-state index contributed by atoms with van der Waals surface area (Å²) < 4.78 is 5.60. The third-order valence-electron chi connectivity index (χ3n) is 4.04. The number of amides is 2. The van der Waals surface area contributed by atoms with E-state index in [4.69, 9.17) is 4.74 Å². The van der Waals surface area contributed by atoms with E-state index in [-0.39, 0.29) is 17.1 Å². The molecule has 0 bridgehead atoms. The molecule has 0 radical (unpaired) electrons. The minimum absolute atomic E-state index is 0.0318. The summed E-state index contributed by atoms with van der Waals surface area (Å²) >= 11 is 1.51. The Morgan fingerprint density at radius 2 is 2.04 bits per heavy atom. The smallest absolute Gasteiger partial charge is 0.251 e. The lowest BCUT2D eigenvalue weighted by molar-refractivity contribution is -0.115. The van der Waals surface area contributed by atoms with Crippen LogP contribution < -0.4 is 10.6 Å². The second-order valence-corrected chi connectivity index (χ2v) is 7.49. The summed E-state index contributed by atoms with van der Waals surface area (Å²) in [5.74, 6) is -0.177. The molecule has 3 rings (SSSR count). The SMILES string of the molecule is CC1Sc2ccc(C(=O)NCCCOCc3ccccc3)cc2NC1=O. The number of hydrogen-bond acceptors (Lipinski definition) is 4. The summed E-state index contributed by atoms with van der Waals surface area (Å²) in [6.07, 6.45) is 0.744. The van der Waals surface area contributed by atoms with Gasteiger partial charge in [0.15, 0.2) is 0 Å². The molecule has 0 spiro atoms. The topological polar surface area (TPSA) is 67.4 Å². The van der Waals surface area contributed by atoms with Gasteiger partial charge < -0.3 is 15.4 Å². The van der Waals surface area contributed by atoms with E-state index < -0.39 is 0 Å². The zero-order chi connectivity index (χ0) is 18.4. The summed E-state index contributed by atoms with van der Waals surface area (Å²) in [5.41, 5.74) is 2.39. The number of anilines is 1. The van der Waals surface area contributed by atoms with E-state index in [1.54, 1.807) is 12.1 Å². The minimum Gasteiger partial charge on any atom is -0.377 e. The van der Waals surface area contributed by atoms with Gasteiger partial charge in [0, 0.05) is 23.6 Å². The van der Waals surface area contributed by atoms with Crippen molar-refractivity contribution < 1.29 is 14.3 Å². The van der Waals surface area contributed by atoms with Crippen LogP contribution in [0.25, 0.3) is 0 Å². The van der Waals surface area contributed by atoms with Gasteiger partial charge in [-0.15, -0.1) is 11.8 Å². The number of ether oxygens (including phenoxy) is 1. The first-order valence-corrected chi connectivity index (χ1v) is 9.53. The number of hydrogen-bond donors (Lipinski definition) is 2. The molecule has 5 nitrogen and oxygen atoms in total. The van der Waals surface area contributed by atoms with Crippen LogP contribution in [-0.4, -0.2) is 30.2 Å². The van der Waals surface area contributed by atoms with Crippen LogP contribution in [0.2, 0.25) is 0 Å². The summed E-state index contributed by atoms with van der Waals surface area (Å²) in [6.45, 7) is 3.58. The van der Waals surface area contributed by atoms with Gasteiger partial charge in [-0.1, -0.05) is 30.3 Å². The molecule has 1 atom stereocenters. The molecule has 0 fully saturated rings. The Balaban J connectivity index is 1.41. The third kappa shape index (κ3) is 4.86. The average molecular weight is 370 g/mol. The number of carbonyl (C=O) groups is 2. The quantitative estimate of drug-likeness (QED) is 0.733. The van der Waals surface area contributed by atoms with Crippen molar-refractivity contribution in [2.75, 3.05) is 18.5 Å². The Labute approximate surface area is 157 Å². The number of carbonyl (C=O) groups excluding carboxylic acids is 2. The fraction of sp³-hybridized carbons (Fsp3) is 0.300. The number of thioether (sulfide) groups is 1. The van der Waals surface area contributed by atoms with E-state index in [1.807, 2.05) is 43.3 Å². The maximum Gasteiger partial charge on any atom is 0.251 e. The van der Waals surface area contributed by atoms with Gasteiger partial charge in [0.25, 0.3) is 5.91 Å². The molecule has 1 aliphatic heterocycles. The third-order valence-corrected chi connectivity index (χ3v) is 5.21. The second kappa shape index (κ2) is 8.87. The molecule has 6 heteroatoms. The van der Waals surface area contributed by atoms with E-state index in [0.29, 0.717) is 31.0 Å². The molecule has 136 valence electrons. The van der Waals surface area contributed by atoms with Gasteiger partial charge in [0.1, 0.15) is 0 Å². The fourth-order valence-electron chi connectivity index (χ4n) is 2.59. The average Bonchev–Trinajstić information content (AvgIpc) is 2.66. The van der Waals surface area contributed by atoms with E-state index in [2.05, 4.69) is 10.6 Å². The summed E-state index contributed by atoms with van der Waals surface area (Å²) in [7, 11) is 0. The molecule has 2 aromatic carbocycles. The highest BCUT2D eigenvalue weighted by Crippen LogP contribution is 2.35. The van der Waals surface area contributed by atoms with Crippen LogP contribution in [0.5, 0.6) is 0 Å². The molecule has 0 saturated carbocycles. The molecule has 0 aromatic heterocycles. The van der Waals surface area contributed by atoms with Crippen molar-refractivity contribution in [1.82, 2.24) is 5.32 Å². The van der Waals surface area contributed by atoms with E-state index in [9.17, 15) is 9.59 Å². The Hall–Kier alpha value is -2.31. The maximum atomic E-state index is 12.3. The molecule has 1 unspecified atom stereocenters. The van der Waals surface area contributed by atoms with Crippen LogP contribution in [0.3, 0.4) is 0 Å². The molecule has 2 amide bonds. The standard InChI is InChI=1S/C20H22N2O3S/c1-14-19(23)22-17-12-16(8-9-18(17)26-14)20(24)21-10-5-11-25-13-15-6-3-2-4-7-15/h2-4,6-9,12,14H,5,10-11,13H2,1H3,(H,21,24)(H,22,23). The summed E-state index contributed by atoms with van der Waals surface area (Å²) in [6, 6.07) is 15.4. The molecule has 2 N–H and O–H groups in total. The molecular formula is C20H22N2O3S. The Morgan fingerprint density at radius 3 is 2.85 bits per heavy atom. The molecule has 1 heterocycles. The van der Waals surface area contributed by atoms with E-state index in [0.717, 1.165) is 16.9 Å². The second-order valence-electron chi connectivity index (χ2n) is 6.11. The number of rotatable bonds is 7.